The summed E-state index contributed by atoms with van der Waals surface area (Å²) in [5, 5.41) is 0. The molecule has 0 rings (SSSR count). The van der Waals surface area contributed by atoms with Gasteiger partial charge >= 0.3 is 13.8 Å². The van der Waals surface area contributed by atoms with E-state index in [-0.39, 0.29) is 32.8 Å². The summed E-state index contributed by atoms with van der Waals surface area (Å²) in [5.41, 5.74) is 5.36. The number of rotatable bonds is 42. The maximum Gasteiger partial charge on any atom is 0.472 e. The summed E-state index contributed by atoms with van der Waals surface area (Å²) in [4.78, 5) is 22.4. The van der Waals surface area contributed by atoms with E-state index < -0.39 is 19.9 Å². The van der Waals surface area contributed by atoms with Gasteiger partial charge in [0.2, 0.25) is 0 Å². The zero-order chi connectivity index (χ0) is 39.5. The molecular formula is C45H84NO7P. The molecule has 0 aliphatic carbocycles. The summed E-state index contributed by atoms with van der Waals surface area (Å²) in [5.74, 6) is -0.406. The number of hydrogen-bond acceptors (Lipinski definition) is 7. The Kier molecular flexibility index (Phi) is 41.4. The van der Waals surface area contributed by atoms with E-state index in [1.54, 1.807) is 0 Å². The molecule has 0 saturated carbocycles. The molecule has 0 aromatic heterocycles. The minimum atomic E-state index is -4.29. The average molecular weight is 782 g/mol. The lowest BCUT2D eigenvalue weighted by Crippen LogP contribution is -2.28. The second-order valence-corrected chi connectivity index (χ2v) is 16.0. The first-order valence-corrected chi connectivity index (χ1v) is 23.6. The largest absolute Gasteiger partial charge is 0.472 e. The van der Waals surface area contributed by atoms with Crippen molar-refractivity contribution in [3.05, 3.63) is 48.6 Å². The number of nitrogens with two attached hydrogens (primary N) is 1. The van der Waals surface area contributed by atoms with E-state index >= 15 is 0 Å². The fraction of sp³-hybridized carbons (Fsp3) is 0.800. The Bertz CT molecular complexity index is 968. The van der Waals surface area contributed by atoms with Gasteiger partial charge in [-0.1, -0.05) is 191 Å². The third kappa shape index (κ3) is 41.6. The van der Waals surface area contributed by atoms with Gasteiger partial charge in [0.1, 0.15) is 6.10 Å². The normalized spacial score (nSPS) is 13.9. The number of allylic oxidation sites excluding steroid dienone is 8. The van der Waals surface area contributed by atoms with Gasteiger partial charge in [0.15, 0.2) is 0 Å². The van der Waals surface area contributed by atoms with E-state index in [0.717, 1.165) is 32.1 Å². The molecule has 9 heteroatoms. The van der Waals surface area contributed by atoms with Gasteiger partial charge in [-0.05, 0) is 44.9 Å². The highest BCUT2D eigenvalue weighted by molar-refractivity contribution is 7.47. The van der Waals surface area contributed by atoms with Crippen LogP contribution >= 0.6 is 7.82 Å². The van der Waals surface area contributed by atoms with E-state index in [0.29, 0.717) is 13.0 Å². The van der Waals surface area contributed by atoms with Gasteiger partial charge in [-0.3, -0.25) is 13.8 Å². The van der Waals surface area contributed by atoms with E-state index in [1.165, 1.54) is 135 Å². The minimum absolute atomic E-state index is 0.0893. The van der Waals surface area contributed by atoms with Crippen molar-refractivity contribution in [3.8, 4) is 0 Å². The SMILES string of the molecule is CCCCCCC=CCC=CCC=CCC=CCCC(=O)OC(COCCCCCCCCCCCCCCCCCCCC)COP(=O)(O)OCCN. The molecule has 54 heavy (non-hydrogen) atoms. The van der Waals surface area contributed by atoms with Crippen LogP contribution in [0.3, 0.4) is 0 Å². The van der Waals surface area contributed by atoms with Crippen LogP contribution in [0.2, 0.25) is 0 Å². The van der Waals surface area contributed by atoms with Gasteiger partial charge in [-0.15, -0.1) is 0 Å². The molecule has 8 nitrogen and oxygen atoms in total. The number of unbranched alkanes of at least 4 members (excludes halogenated alkanes) is 21. The zero-order valence-corrected chi connectivity index (χ0v) is 35.8. The monoisotopic (exact) mass is 782 g/mol. The van der Waals surface area contributed by atoms with Gasteiger partial charge < -0.3 is 20.1 Å². The topological polar surface area (TPSA) is 117 Å². The molecule has 3 N–H and O–H groups in total. The Morgan fingerprint density at radius 1 is 0.556 bits per heavy atom. The van der Waals surface area contributed by atoms with Crippen LogP contribution in [0, 0.1) is 0 Å². The van der Waals surface area contributed by atoms with Crippen LogP contribution in [-0.2, 0) is 27.9 Å². The molecule has 2 unspecified atom stereocenters. The molecule has 0 fully saturated rings. The number of ether oxygens (including phenoxy) is 2. The van der Waals surface area contributed by atoms with Crippen molar-refractivity contribution >= 4 is 13.8 Å². The quantitative estimate of drug-likeness (QED) is 0.0272. The summed E-state index contributed by atoms with van der Waals surface area (Å²) in [7, 11) is -4.29. The van der Waals surface area contributed by atoms with Gasteiger partial charge in [0, 0.05) is 19.6 Å². The Morgan fingerprint density at radius 2 is 0.981 bits per heavy atom. The third-order valence-corrected chi connectivity index (χ3v) is 10.2. The maximum atomic E-state index is 12.5. The number of phosphoric ester groups is 1. The van der Waals surface area contributed by atoms with Crippen molar-refractivity contribution in [1.82, 2.24) is 0 Å². The predicted molar refractivity (Wildman–Crippen MR) is 229 cm³/mol. The van der Waals surface area contributed by atoms with Crippen LogP contribution < -0.4 is 5.73 Å². The number of hydrogen-bond donors (Lipinski definition) is 2. The molecule has 0 bridgehead atoms. The van der Waals surface area contributed by atoms with Crippen molar-refractivity contribution in [3.63, 3.8) is 0 Å². The molecule has 0 aromatic carbocycles. The number of esters is 1. The van der Waals surface area contributed by atoms with Crippen molar-refractivity contribution in [2.24, 2.45) is 5.73 Å². The van der Waals surface area contributed by atoms with E-state index in [2.05, 4.69) is 50.3 Å². The lowest BCUT2D eigenvalue weighted by atomic mass is 10.0. The smallest absolute Gasteiger partial charge is 0.457 e. The fourth-order valence-electron chi connectivity index (χ4n) is 6.00. The van der Waals surface area contributed by atoms with Gasteiger partial charge in [-0.2, -0.15) is 0 Å². The molecule has 0 aromatic rings. The standard InChI is InChI=1S/C45H84NO7P/c1-3-5-7-9-11-13-15-17-19-21-23-25-27-29-31-33-35-37-40-50-42-44(43-52-54(48,49)51-41-39-46)53-45(47)38-36-34-32-30-28-26-24-22-20-18-16-14-12-10-8-6-4-2/h14,16,20,22,26,28,32,34,44H,3-13,15,17-19,21,23-25,27,29-31,33,35-43,46H2,1-2H3,(H,48,49). The lowest BCUT2D eigenvalue weighted by molar-refractivity contribution is -0.154. The zero-order valence-electron chi connectivity index (χ0n) is 35.0. The highest BCUT2D eigenvalue weighted by atomic mass is 31.2. The first-order valence-electron chi connectivity index (χ1n) is 22.1. The van der Waals surface area contributed by atoms with Crippen LogP contribution in [0.25, 0.3) is 0 Å². The summed E-state index contributed by atoms with van der Waals surface area (Å²) in [6.07, 6.45) is 50.0. The van der Waals surface area contributed by atoms with Crippen molar-refractivity contribution < 1.29 is 32.8 Å². The first kappa shape index (κ1) is 52.5. The Balaban J connectivity index is 4.11. The lowest BCUT2D eigenvalue weighted by Gasteiger charge is -2.20. The Hall–Kier alpha value is -1.54. The minimum Gasteiger partial charge on any atom is -0.457 e. The number of carbonyl (C=O) groups is 1. The summed E-state index contributed by atoms with van der Waals surface area (Å²) < 4.78 is 33.4. The highest BCUT2D eigenvalue weighted by Crippen LogP contribution is 2.43. The molecule has 0 heterocycles. The second-order valence-electron chi connectivity index (χ2n) is 14.6. The maximum absolute atomic E-state index is 12.5. The van der Waals surface area contributed by atoms with E-state index in [9.17, 15) is 14.3 Å². The highest BCUT2D eigenvalue weighted by Gasteiger charge is 2.25. The Morgan fingerprint density at radius 3 is 1.46 bits per heavy atom. The predicted octanol–water partition coefficient (Wildman–Crippen LogP) is 13.2. The molecule has 0 saturated heterocycles. The molecule has 2 atom stereocenters. The van der Waals surface area contributed by atoms with Crippen molar-refractivity contribution in [2.75, 3.05) is 33.0 Å². The summed E-state index contributed by atoms with van der Waals surface area (Å²) in [6.45, 7) is 4.83. The molecule has 0 spiro atoms. The van der Waals surface area contributed by atoms with Crippen LogP contribution in [0.4, 0.5) is 0 Å². The average Bonchev–Trinajstić information content (AvgIpc) is 3.16. The first-order chi connectivity index (χ1) is 26.4. The van der Waals surface area contributed by atoms with Crippen LogP contribution in [-0.4, -0.2) is 49.9 Å². The van der Waals surface area contributed by atoms with Gasteiger partial charge in [0.05, 0.1) is 19.8 Å². The third-order valence-electron chi connectivity index (χ3n) is 9.26. The Labute approximate surface area is 332 Å². The van der Waals surface area contributed by atoms with Crippen molar-refractivity contribution in [2.45, 2.75) is 200 Å². The van der Waals surface area contributed by atoms with Crippen molar-refractivity contribution in [1.29, 1.82) is 0 Å². The molecule has 0 radical (unpaired) electrons. The van der Waals surface area contributed by atoms with E-state index in [1.807, 2.05) is 12.2 Å². The molecular weight excluding hydrogens is 697 g/mol. The van der Waals surface area contributed by atoms with E-state index in [4.69, 9.17) is 24.3 Å². The number of carbonyl (C=O) groups excluding carboxylic acids is 1. The number of phosphoric acid groups is 1. The van der Waals surface area contributed by atoms with Crippen LogP contribution in [0.15, 0.2) is 48.6 Å². The van der Waals surface area contributed by atoms with Crippen LogP contribution in [0.5, 0.6) is 0 Å². The van der Waals surface area contributed by atoms with Crippen LogP contribution in [0.1, 0.15) is 194 Å². The summed E-state index contributed by atoms with van der Waals surface area (Å²) in [6, 6.07) is 0. The molecule has 316 valence electrons. The summed E-state index contributed by atoms with van der Waals surface area (Å²) >= 11 is 0. The van der Waals surface area contributed by atoms with Gasteiger partial charge in [0.25, 0.3) is 0 Å². The molecule has 0 aliphatic rings. The van der Waals surface area contributed by atoms with Gasteiger partial charge in [-0.25, -0.2) is 4.57 Å². The second kappa shape index (κ2) is 42.6. The molecule has 0 amide bonds. The fourth-order valence-corrected chi connectivity index (χ4v) is 6.77. The molecule has 0 aliphatic heterocycles.